The van der Waals surface area contributed by atoms with Gasteiger partial charge in [0.25, 0.3) is 0 Å². The highest BCUT2D eigenvalue weighted by atomic mass is 16.5. The van der Waals surface area contributed by atoms with Crippen molar-refractivity contribution in [1.82, 2.24) is 15.2 Å². The lowest BCUT2D eigenvalue weighted by Gasteiger charge is -2.24. The highest BCUT2D eigenvalue weighted by molar-refractivity contribution is 5.90. The van der Waals surface area contributed by atoms with Crippen LogP contribution in [0.4, 0.5) is 4.79 Å². The number of carbonyl (C=O) groups excluding carboxylic acids is 2. The molecule has 7 heteroatoms. The predicted molar refractivity (Wildman–Crippen MR) is 132 cm³/mol. The number of urea groups is 1. The van der Waals surface area contributed by atoms with Gasteiger partial charge in [0.1, 0.15) is 11.4 Å². The third-order valence-electron chi connectivity index (χ3n) is 5.81. The van der Waals surface area contributed by atoms with Crippen LogP contribution in [0.5, 0.6) is 5.75 Å². The minimum absolute atomic E-state index is 0.186. The third kappa shape index (κ3) is 6.19. The Labute approximate surface area is 201 Å². The van der Waals surface area contributed by atoms with Crippen molar-refractivity contribution in [2.24, 2.45) is 0 Å². The number of esters is 1. The number of hydrogen-bond acceptors (Lipinski definition) is 4. The van der Waals surface area contributed by atoms with Gasteiger partial charge in [0, 0.05) is 25.3 Å². The van der Waals surface area contributed by atoms with E-state index in [-0.39, 0.29) is 12.0 Å². The molecule has 34 heavy (non-hydrogen) atoms. The van der Waals surface area contributed by atoms with Gasteiger partial charge in [-0.25, -0.2) is 9.59 Å². The number of benzene rings is 2. The standard InChI is InChI=1S/C27H33N3O4/c1-6-34-26(31)25-19(3)24(20(4)29-25)17-30(16-22-11-13-23(33-5)14-12-22)27(32)28-15-21-9-7-18(2)8-10-21/h7-14,29H,6,15-17H2,1-5H3,(H,28,32). The number of carbonyl (C=O) groups is 2. The molecule has 0 aliphatic rings. The number of nitrogens with one attached hydrogen (secondary N) is 2. The van der Waals surface area contributed by atoms with E-state index in [2.05, 4.69) is 10.3 Å². The van der Waals surface area contributed by atoms with Crippen LogP contribution in [0.25, 0.3) is 0 Å². The molecule has 0 aliphatic heterocycles. The molecular formula is C27H33N3O4. The molecule has 2 aromatic carbocycles. The van der Waals surface area contributed by atoms with Crippen molar-refractivity contribution < 1.29 is 19.1 Å². The Morgan fingerprint density at radius 1 is 0.941 bits per heavy atom. The molecule has 0 saturated carbocycles. The lowest BCUT2D eigenvalue weighted by Crippen LogP contribution is -2.39. The Morgan fingerprint density at radius 3 is 2.21 bits per heavy atom. The van der Waals surface area contributed by atoms with Gasteiger partial charge in [0.2, 0.25) is 0 Å². The van der Waals surface area contributed by atoms with Crippen LogP contribution in [0.15, 0.2) is 48.5 Å². The maximum Gasteiger partial charge on any atom is 0.355 e. The van der Waals surface area contributed by atoms with Crippen molar-refractivity contribution >= 4 is 12.0 Å². The fourth-order valence-corrected chi connectivity index (χ4v) is 3.77. The number of methoxy groups -OCH3 is 1. The number of hydrogen-bond donors (Lipinski definition) is 2. The summed E-state index contributed by atoms with van der Waals surface area (Å²) in [6, 6.07) is 15.5. The Balaban J connectivity index is 1.82. The number of amides is 2. The second kappa shape index (κ2) is 11.4. The maximum atomic E-state index is 13.3. The van der Waals surface area contributed by atoms with Crippen molar-refractivity contribution in [1.29, 1.82) is 0 Å². The van der Waals surface area contributed by atoms with E-state index in [4.69, 9.17) is 9.47 Å². The SMILES string of the molecule is CCOC(=O)c1[nH]c(C)c(CN(Cc2ccc(OC)cc2)C(=O)NCc2ccc(C)cc2)c1C. The first kappa shape index (κ1) is 24.9. The highest BCUT2D eigenvalue weighted by Gasteiger charge is 2.22. The van der Waals surface area contributed by atoms with Crippen LogP contribution in [0.1, 0.15) is 50.9 Å². The molecule has 0 saturated heterocycles. The molecule has 1 aromatic heterocycles. The summed E-state index contributed by atoms with van der Waals surface area (Å²) in [6.07, 6.45) is 0. The van der Waals surface area contributed by atoms with Crippen molar-refractivity contribution in [2.75, 3.05) is 13.7 Å². The molecule has 3 rings (SSSR count). The monoisotopic (exact) mass is 463 g/mol. The van der Waals surface area contributed by atoms with Crippen molar-refractivity contribution in [3.8, 4) is 5.75 Å². The lowest BCUT2D eigenvalue weighted by atomic mass is 10.1. The van der Waals surface area contributed by atoms with Crippen molar-refractivity contribution in [3.05, 3.63) is 87.7 Å². The normalized spacial score (nSPS) is 10.6. The molecule has 0 unspecified atom stereocenters. The molecule has 0 radical (unpaired) electrons. The second-order valence-electron chi connectivity index (χ2n) is 8.30. The minimum atomic E-state index is -0.389. The average Bonchev–Trinajstić information content (AvgIpc) is 3.12. The Morgan fingerprint density at radius 2 is 1.59 bits per heavy atom. The topological polar surface area (TPSA) is 83.7 Å². The first-order valence-electron chi connectivity index (χ1n) is 11.4. The Kier molecular flexibility index (Phi) is 8.35. The lowest BCUT2D eigenvalue weighted by molar-refractivity contribution is 0.0519. The Hall–Kier alpha value is -3.74. The predicted octanol–water partition coefficient (Wildman–Crippen LogP) is 5.04. The second-order valence-corrected chi connectivity index (χ2v) is 8.30. The van der Waals surface area contributed by atoms with Gasteiger partial charge in [-0.1, -0.05) is 42.0 Å². The van der Waals surface area contributed by atoms with Crippen LogP contribution in [-0.2, 0) is 24.4 Å². The summed E-state index contributed by atoms with van der Waals surface area (Å²) >= 11 is 0. The van der Waals surface area contributed by atoms with Gasteiger partial charge >= 0.3 is 12.0 Å². The molecule has 2 N–H and O–H groups in total. The zero-order valence-corrected chi connectivity index (χ0v) is 20.5. The first-order chi connectivity index (χ1) is 16.3. The quantitative estimate of drug-likeness (QED) is 0.436. The molecular weight excluding hydrogens is 430 g/mol. The van der Waals surface area contributed by atoms with Gasteiger partial charge < -0.3 is 24.7 Å². The van der Waals surface area contributed by atoms with Gasteiger partial charge in [-0.05, 0) is 62.1 Å². The van der Waals surface area contributed by atoms with Gasteiger partial charge in [-0.2, -0.15) is 0 Å². The van der Waals surface area contributed by atoms with Gasteiger partial charge in [-0.3, -0.25) is 0 Å². The molecule has 0 bridgehead atoms. The number of H-pyrrole nitrogens is 1. The molecule has 180 valence electrons. The molecule has 0 fully saturated rings. The van der Waals surface area contributed by atoms with E-state index in [0.717, 1.165) is 33.7 Å². The maximum absolute atomic E-state index is 13.3. The van der Waals surface area contributed by atoms with E-state index in [0.29, 0.717) is 31.9 Å². The summed E-state index contributed by atoms with van der Waals surface area (Å²) in [4.78, 5) is 30.5. The van der Waals surface area contributed by atoms with Crippen LogP contribution in [0, 0.1) is 20.8 Å². The fraction of sp³-hybridized carbons (Fsp3) is 0.333. The number of aromatic amines is 1. The average molecular weight is 464 g/mol. The first-order valence-corrected chi connectivity index (χ1v) is 11.4. The van der Waals surface area contributed by atoms with Gasteiger partial charge in [0.05, 0.1) is 13.7 Å². The fourth-order valence-electron chi connectivity index (χ4n) is 3.77. The Bertz CT molecular complexity index is 1120. The summed E-state index contributed by atoms with van der Waals surface area (Å²) in [5.41, 5.74) is 6.14. The van der Waals surface area contributed by atoms with E-state index >= 15 is 0 Å². The number of aryl methyl sites for hydroxylation is 2. The molecule has 3 aromatic rings. The third-order valence-corrected chi connectivity index (χ3v) is 5.81. The van der Waals surface area contributed by atoms with Crippen molar-refractivity contribution in [3.63, 3.8) is 0 Å². The zero-order chi connectivity index (χ0) is 24.7. The summed E-state index contributed by atoms with van der Waals surface area (Å²) in [7, 11) is 1.62. The van der Waals surface area contributed by atoms with Crippen LogP contribution in [-0.4, -0.2) is 35.6 Å². The van der Waals surface area contributed by atoms with E-state index in [1.165, 1.54) is 5.56 Å². The van der Waals surface area contributed by atoms with E-state index in [9.17, 15) is 9.59 Å². The summed E-state index contributed by atoms with van der Waals surface area (Å²) < 4.78 is 10.4. The van der Waals surface area contributed by atoms with E-state index < -0.39 is 0 Å². The van der Waals surface area contributed by atoms with E-state index in [1.807, 2.05) is 69.3 Å². The van der Waals surface area contributed by atoms with Gasteiger partial charge in [-0.15, -0.1) is 0 Å². The summed E-state index contributed by atoms with van der Waals surface area (Å²) in [5.74, 6) is 0.371. The van der Waals surface area contributed by atoms with Crippen LogP contribution < -0.4 is 10.1 Å². The smallest absolute Gasteiger partial charge is 0.355 e. The summed E-state index contributed by atoms with van der Waals surface area (Å²) in [6.45, 7) is 9.07. The number of aromatic nitrogens is 1. The molecule has 0 spiro atoms. The molecule has 0 atom stereocenters. The largest absolute Gasteiger partial charge is 0.497 e. The summed E-state index contributed by atoms with van der Waals surface area (Å²) in [5, 5.41) is 3.03. The van der Waals surface area contributed by atoms with Gasteiger partial charge in [0.15, 0.2) is 0 Å². The number of nitrogens with zero attached hydrogens (tertiary/aromatic N) is 1. The molecule has 7 nitrogen and oxygen atoms in total. The number of rotatable bonds is 9. The zero-order valence-electron chi connectivity index (χ0n) is 20.5. The molecule has 2 amide bonds. The van der Waals surface area contributed by atoms with Crippen molar-refractivity contribution in [2.45, 2.75) is 47.3 Å². The van der Waals surface area contributed by atoms with Crippen LogP contribution >= 0.6 is 0 Å². The minimum Gasteiger partial charge on any atom is -0.497 e. The highest BCUT2D eigenvalue weighted by Crippen LogP contribution is 2.22. The van der Waals surface area contributed by atoms with Crippen LogP contribution in [0.2, 0.25) is 0 Å². The van der Waals surface area contributed by atoms with Crippen LogP contribution in [0.3, 0.4) is 0 Å². The molecule has 1 heterocycles. The molecule has 0 aliphatic carbocycles. The van der Waals surface area contributed by atoms with E-state index in [1.54, 1.807) is 18.9 Å². The number of ether oxygens (including phenoxy) is 2.